The highest BCUT2D eigenvalue weighted by Gasteiger charge is 2.25. The molecule has 0 spiro atoms. The zero-order valence-corrected chi connectivity index (χ0v) is 18.0. The fourth-order valence-corrected chi connectivity index (χ4v) is 3.38. The molecular weight excluding hydrogens is 463 g/mol. The Morgan fingerprint density at radius 2 is 1.96 bits per heavy atom. The standard InChI is InChI=1S/C19H25ClN4O.HI/c1-21-19(22-13-15-7-2-3-8-16(15)20)23-14-17(18-9-6-12-25-18)24-10-4-5-11-24;/h2-3,6-9,12,17H,4-5,10-11,13-14H2,1H3,(H2,21,22,23);1H. The van der Waals surface area contributed by atoms with Crippen LogP contribution in [0, 0.1) is 0 Å². The van der Waals surface area contributed by atoms with Crippen molar-refractivity contribution >= 4 is 41.5 Å². The molecule has 3 rings (SSSR count). The fourth-order valence-electron chi connectivity index (χ4n) is 3.18. The molecule has 1 aromatic carbocycles. The lowest BCUT2D eigenvalue weighted by molar-refractivity contribution is 0.215. The Kier molecular flexibility index (Phi) is 8.74. The molecule has 1 fully saturated rings. The molecule has 0 amide bonds. The SMILES string of the molecule is CN=C(NCc1ccccc1Cl)NCC(c1ccco1)N1CCCC1.I. The highest BCUT2D eigenvalue weighted by atomic mass is 127. The van der Waals surface area contributed by atoms with Gasteiger partial charge >= 0.3 is 0 Å². The van der Waals surface area contributed by atoms with Gasteiger partial charge in [-0.05, 0) is 49.7 Å². The largest absolute Gasteiger partial charge is 0.468 e. The van der Waals surface area contributed by atoms with Gasteiger partial charge in [0.15, 0.2) is 5.96 Å². The van der Waals surface area contributed by atoms with Crippen molar-refractivity contribution in [3.63, 3.8) is 0 Å². The number of halogens is 2. The van der Waals surface area contributed by atoms with Crippen molar-refractivity contribution in [2.45, 2.75) is 25.4 Å². The van der Waals surface area contributed by atoms with Gasteiger partial charge < -0.3 is 15.1 Å². The van der Waals surface area contributed by atoms with E-state index >= 15 is 0 Å². The van der Waals surface area contributed by atoms with E-state index < -0.39 is 0 Å². The molecule has 7 heteroatoms. The van der Waals surface area contributed by atoms with E-state index in [0.717, 1.165) is 41.9 Å². The van der Waals surface area contributed by atoms with Crippen molar-refractivity contribution < 1.29 is 4.42 Å². The first-order valence-corrected chi connectivity index (χ1v) is 9.11. The Morgan fingerprint density at radius 1 is 1.19 bits per heavy atom. The summed E-state index contributed by atoms with van der Waals surface area (Å²) < 4.78 is 5.66. The first-order valence-electron chi connectivity index (χ1n) is 8.73. The Morgan fingerprint density at radius 3 is 2.62 bits per heavy atom. The minimum Gasteiger partial charge on any atom is -0.468 e. The Labute approximate surface area is 177 Å². The molecule has 0 bridgehead atoms. The minimum absolute atomic E-state index is 0. The van der Waals surface area contributed by atoms with Crippen LogP contribution < -0.4 is 10.6 Å². The molecule has 1 aliphatic heterocycles. The van der Waals surface area contributed by atoms with Crippen LogP contribution in [0.15, 0.2) is 52.1 Å². The molecule has 142 valence electrons. The van der Waals surface area contributed by atoms with E-state index in [1.807, 2.05) is 36.4 Å². The third-order valence-electron chi connectivity index (χ3n) is 4.54. The Hall–Kier alpha value is -1.25. The summed E-state index contributed by atoms with van der Waals surface area (Å²) >= 11 is 6.21. The summed E-state index contributed by atoms with van der Waals surface area (Å²) in [5, 5.41) is 7.50. The summed E-state index contributed by atoms with van der Waals surface area (Å²) in [6, 6.07) is 12.0. The molecule has 1 atom stereocenters. The van der Waals surface area contributed by atoms with E-state index in [1.54, 1.807) is 13.3 Å². The van der Waals surface area contributed by atoms with Gasteiger partial charge in [0.05, 0.1) is 12.3 Å². The Balaban J connectivity index is 0.00000243. The molecule has 0 radical (unpaired) electrons. The molecular formula is C19H26ClIN4O. The molecule has 26 heavy (non-hydrogen) atoms. The molecule has 1 aliphatic rings. The topological polar surface area (TPSA) is 52.8 Å². The lowest BCUT2D eigenvalue weighted by atomic mass is 10.2. The second kappa shape index (κ2) is 10.8. The van der Waals surface area contributed by atoms with Gasteiger partial charge in [0.25, 0.3) is 0 Å². The second-order valence-electron chi connectivity index (χ2n) is 6.17. The van der Waals surface area contributed by atoms with Crippen LogP contribution in [0.25, 0.3) is 0 Å². The number of nitrogens with one attached hydrogen (secondary N) is 2. The highest BCUT2D eigenvalue weighted by molar-refractivity contribution is 14.0. The molecule has 2 N–H and O–H groups in total. The summed E-state index contributed by atoms with van der Waals surface area (Å²) in [6.07, 6.45) is 4.23. The maximum Gasteiger partial charge on any atom is 0.191 e. The van der Waals surface area contributed by atoms with Crippen molar-refractivity contribution in [2.24, 2.45) is 4.99 Å². The molecule has 2 heterocycles. The molecule has 0 aliphatic carbocycles. The first-order chi connectivity index (χ1) is 12.3. The summed E-state index contributed by atoms with van der Waals surface area (Å²) in [4.78, 5) is 6.78. The highest BCUT2D eigenvalue weighted by Crippen LogP contribution is 2.24. The smallest absolute Gasteiger partial charge is 0.191 e. The summed E-state index contributed by atoms with van der Waals surface area (Å²) in [5.41, 5.74) is 1.05. The van der Waals surface area contributed by atoms with Gasteiger partial charge in [0.1, 0.15) is 5.76 Å². The van der Waals surface area contributed by atoms with Crippen LogP contribution in [0.1, 0.15) is 30.2 Å². The maximum absolute atomic E-state index is 6.21. The van der Waals surface area contributed by atoms with Crippen LogP contribution >= 0.6 is 35.6 Å². The van der Waals surface area contributed by atoms with E-state index in [0.29, 0.717) is 6.54 Å². The predicted molar refractivity (Wildman–Crippen MR) is 117 cm³/mol. The number of furan rings is 1. The normalized spacial score (nSPS) is 16.2. The van der Waals surface area contributed by atoms with Crippen molar-refractivity contribution in [3.8, 4) is 0 Å². The van der Waals surface area contributed by atoms with Crippen LogP contribution in [0.3, 0.4) is 0 Å². The van der Waals surface area contributed by atoms with E-state index in [2.05, 4.69) is 20.5 Å². The van der Waals surface area contributed by atoms with Gasteiger partial charge in [0.2, 0.25) is 0 Å². The third-order valence-corrected chi connectivity index (χ3v) is 4.91. The number of rotatable bonds is 6. The molecule has 1 aromatic heterocycles. The molecule has 5 nitrogen and oxygen atoms in total. The van der Waals surface area contributed by atoms with E-state index in [1.165, 1.54) is 12.8 Å². The van der Waals surface area contributed by atoms with E-state index in [9.17, 15) is 0 Å². The van der Waals surface area contributed by atoms with E-state index in [4.69, 9.17) is 16.0 Å². The number of hydrogen-bond donors (Lipinski definition) is 2. The molecule has 1 saturated heterocycles. The molecule has 2 aromatic rings. The lowest BCUT2D eigenvalue weighted by Gasteiger charge is -2.26. The first kappa shape index (κ1) is 21.1. The van der Waals surface area contributed by atoms with Crippen LogP contribution in [0.4, 0.5) is 0 Å². The van der Waals surface area contributed by atoms with Crippen molar-refractivity contribution in [3.05, 3.63) is 59.0 Å². The van der Waals surface area contributed by atoms with Crippen molar-refractivity contribution in [1.29, 1.82) is 0 Å². The maximum atomic E-state index is 6.21. The van der Waals surface area contributed by atoms with Crippen LogP contribution in [0.5, 0.6) is 0 Å². The average molecular weight is 489 g/mol. The minimum atomic E-state index is 0. The number of likely N-dealkylation sites (tertiary alicyclic amines) is 1. The fraction of sp³-hybridized carbons (Fsp3) is 0.421. The van der Waals surface area contributed by atoms with Gasteiger partial charge in [-0.3, -0.25) is 9.89 Å². The molecule has 0 saturated carbocycles. The number of aliphatic imine (C=N–C) groups is 1. The second-order valence-corrected chi connectivity index (χ2v) is 6.58. The van der Waals surface area contributed by atoms with Crippen LogP contribution in [0.2, 0.25) is 5.02 Å². The average Bonchev–Trinajstić information content (AvgIpc) is 3.33. The van der Waals surface area contributed by atoms with Crippen LogP contribution in [-0.4, -0.2) is 37.5 Å². The van der Waals surface area contributed by atoms with Gasteiger partial charge in [-0.15, -0.1) is 24.0 Å². The van der Waals surface area contributed by atoms with E-state index in [-0.39, 0.29) is 30.0 Å². The number of benzene rings is 1. The summed E-state index contributed by atoms with van der Waals surface area (Å²) in [5.74, 6) is 1.76. The van der Waals surface area contributed by atoms with Crippen LogP contribution in [-0.2, 0) is 6.54 Å². The summed E-state index contributed by atoms with van der Waals surface area (Å²) in [7, 11) is 1.78. The van der Waals surface area contributed by atoms with Gasteiger partial charge in [-0.25, -0.2) is 0 Å². The number of nitrogens with zero attached hydrogens (tertiary/aromatic N) is 2. The zero-order chi connectivity index (χ0) is 17.5. The molecule has 1 unspecified atom stereocenters. The Bertz CT molecular complexity index is 687. The number of hydrogen-bond acceptors (Lipinski definition) is 3. The van der Waals surface area contributed by atoms with Crippen molar-refractivity contribution in [2.75, 3.05) is 26.7 Å². The quantitative estimate of drug-likeness (QED) is 0.366. The summed E-state index contributed by atoms with van der Waals surface area (Å²) in [6.45, 7) is 3.60. The monoisotopic (exact) mass is 488 g/mol. The van der Waals surface area contributed by atoms with Gasteiger partial charge in [-0.1, -0.05) is 29.8 Å². The number of guanidine groups is 1. The van der Waals surface area contributed by atoms with Crippen molar-refractivity contribution in [1.82, 2.24) is 15.5 Å². The third kappa shape index (κ3) is 5.62. The van der Waals surface area contributed by atoms with Gasteiger partial charge in [-0.2, -0.15) is 0 Å². The van der Waals surface area contributed by atoms with Gasteiger partial charge in [0, 0.05) is 25.2 Å². The predicted octanol–water partition coefficient (Wildman–Crippen LogP) is 4.05. The zero-order valence-electron chi connectivity index (χ0n) is 15.0. The lowest BCUT2D eigenvalue weighted by Crippen LogP contribution is -2.42.